The lowest BCUT2D eigenvalue weighted by molar-refractivity contribution is 1.53. The Hall–Kier alpha value is 1.94. The molecular weight excluding hydrogens is 417 g/mol. The average Bonchev–Trinajstić information content (AvgIpc) is 2.89. The third-order valence-corrected chi connectivity index (χ3v) is 13.2. The molecule has 0 atom stereocenters. The molecule has 0 saturated carbocycles. The molecule has 0 N–H and O–H groups in total. The second-order valence-electron chi connectivity index (χ2n) is 2.63. The first-order valence-electron chi connectivity index (χ1n) is 4.34. The van der Waals surface area contributed by atoms with E-state index in [2.05, 4.69) is 12.5 Å². The summed E-state index contributed by atoms with van der Waals surface area (Å²) < 4.78 is 7.30. The molecule has 0 spiro atoms. The van der Waals surface area contributed by atoms with Crippen LogP contribution < -0.4 is 0 Å². The topological polar surface area (TPSA) is 0 Å². The molecule has 10 heteroatoms. The molecule has 2 heterocycles. The van der Waals surface area contributed by atoms with Crippen molar-refractivity contribution in [3.63, 3.8) is 0 Å². The summed E-state index contributed by atoms with van der Waals surface area (Å²) in [6.07, 6.45) is 4.20. The van der Waals surface area contributed by atoms with Gasteiger partial charge in [0.2, 0.25) is 0 Å². The van der Waals surface area contributed by atoms with Gasteiger partial charge in [-0.05, 0) is 34.1 Å². The smallest absolute Gasteiger partial charge is 0.117 e. The van der Waals surface area contributed by atoms with Gasteiger partial charge in [-0.15, -0.1) is 68.9 Å². The van der Waals surface area contributed by atoms with Crippen LogP contribution in [0.3, 0.4) is 0 Å². The molecule has 18 heavy (non-hydrogen) atoms. The molecule has 0 aliphatic rings. The second kappa shape index (κ2) is 7.81. The first kappa shape index (κ1) is 16.3. The Balaban J connectivity index is 2.15. The minimum Gasteiger partial charge on any atom is -0.117 e. The summed E-state index contributed by atoms with van der Waals surface area (Å²) in [6, 6.07) is 0. The van der Waals surface area contributed by atoms with E-state index < -0.39 is 0 Å². The standard InChI is InChI=1S/C8H6S10/c1-11-3-5(15-7(9)13-3)17-18-6-4(12-2)14-8(10)16-6/h1-2H3. The highest BCUT2D eigenvalue weighted by atomic mass is 33.1. The van der Waals surface area contributed by atoms with Crippen molar-refractivity contribution in [1.82, 2.24) is 0 Å². The summed E-state index contributed by atoms with van der Waals surface area (Å²) >= 11 is 20.9. The SMILES string of the molecule is CSc1sc(=S)sc1SSc1sc(=S)sc1SC. The minimum atomic E-state index is 1.01. The van der Waals surface area contributed by atoms with E-state index in [0.717, 1.165) is 6.28 Å². The van der Waals surface area contributed by atoms with Crippen LogP contribution in [0.4, 0.5) is 0 Å². The fraction of sp³-hybridized carbons (Fsp3) is 0.250. The van der Waals surface area contributed by atoms with Gasteiger partial charge >= 0.3 is 0 Å². The highest BCUT2D eigenvalue weighted by Gasteiger charge is 2.12. The zero-order valence-corrected chi connectivity index (χ0v) is 17.2. The first-order chi connectivity index (χ1) is 8.63. The van der Waals surface area contributed by atoms with E-state index >= 15 is 0 Å². The lowest BCUT2D eigenvalue weighted by Crippen LogP contribution is -1.63. The van der Waals surface area contributed by atoms with E-state index in [9.17, 15) is 0 Å². The van der Waals surface area contributed by atoms with Crippen molar-refractivity contribution in [2.24, 2.45) is 0 Å². The van der Waals surface area contributed by atoms with Crippen molar-refractivity contribution < 1.29 is 0 Å². The highest BCUT2D eigenvalue weighted by molar-refractivity contribution is 8.77. The molecule has 0 aliphatic heterocycles. The summed E-state index contributed by atoms with van der Waals surface area (Å²) in [5.74, 6) is 0. The van der Waals surface area contributed by atoms with Crippen LogP contribution in [0, 0.1) is 6.28 Å². The quantitative estimate of drug-likeness (QED) is 0.274. The van der Waals surface area contributed by atoms with Crippen LogP contribution in [-0.4, -0.2) is 12.5 Å². The molecule has 0 bridgehead atoms. The fourth-order valence-corrected chi connectivity index (χ4v) is 13.3. The zero-order valence-electron chi connectivity index (χ0n) is 9.08. The lowest BCUT2D eigenvalue weighted by Gasteiger charge is -1.99. The summed E-state index contributed by atoms with van der Waals surface area (Å²) in [6.45, 7) is 0. The van der Waals surface area contributed by atoms with E-state index in [-0.39, 0.29) is 0 Å². The first-order valence-corrected chi connectivity index (χ1v) is 13.0. The van der Waals surface area contributed by atoms with Gasteiger partial charge in [0.05, 0.1) is 16.8 Å². The predicted octanol–water partition coefficient (Wildman–Crippen LogP) is 7.63. The molecule has 0 amide bonds. The van der Waals surface area contributed by atoms with Crippen LogP contribution in [0.1, 0.15) is 0 Å². The predicted molar refractivity (Wildman–Crippen MR) is 101 cm³/mol. The molecule has 0 aliphatic carbocycles. The summed E-state index contributed by atoms with van der Waals surface area (Å²) in [7, 11) is 3.61. The van der Waals surface area contributed by atoms with Crippen molar-refractivity contribution in [2.75, 3.05) is 12.5 Å². The van der Waals surface area contributed by atoms with Gasteiger partial charge < -0.3 is 0 Å². The molecule has 0 fully saturated rings. The van der Waals surface area contributed by atoms with Gasteiger partial charge in [-0.25, -0.2) is 0 Å². The molecule has 0 aromatic carbocycles. The minimum absolute atomic E-state index is 1.01. The molecule has 2 rings (SSSR count). The molecule has 0 radical (unpaired) electrons. The normalized spacial score (nSPS) is 11.0. The molecular formula is C8H6S10. The van der Waals surface area contributed by atoms with Gasteiger partial charge in [-0.1, -0.05) is 24.4 Å². The average molecular weight is 423 g/mol. The van der Waals surface area contributed by atoms with Crippen molar-refractivity contribution in [2.45, 2.75) is 16.8 Å². The van der Waals surface area contributed by atoms with Crippen LogP contribution >= 0.6 is 115 Å². The van der Waals surface area contributed by atoms with Gasteiger partial charge in [-0.3, -0.25) is 0 Å². The van der Waals surface area contributed by atoms with Gasteiger partial charge in [0.1, 0.15) is 6.28 Å². The lowest BCUT2D eigenvalue weighted by atomic mass is 11.1. The highest BCUT2D eigenvalue weighted by Crippen LogP contribution is 2.51. The Labute approximate surface area is 148 Å². The van der Waals surface area contributed by atoms with Gasteiger partial charge in [-0.2, -0.15) is 0 Å². The third-order valence-electron chi connectivity index (χ3n) is 1.60. The Morgan fingerprint density at radius 2 is 1.00 bits per heavy atom. The van der Waals surface area contributed by atoms with Crippen LogP contribution in [0.5, 0.6) is 0 Å². The Bertz CT molecular complexity index is 569. The van der Waals surface area contributed by atoms with Gasteiger partial charge in [0, 0.05) is 0 Å². The zero-order chi connectivity index (χ0) is 13.1. The van der Waals surface area contributed by atoms with E-state index in [0.29, 0.717) is 0 Å². The van der Waals surface area contributed by atoms with Crippen LogP contribution in [0.25, 0.3) is 0 Å². The maximum absolute atomic E-state index is 5.26. The van der Waals surface area contributed by atoms with Crippen molar-refractivity contribution in [3.8, 4) is 0 Å². The molecule has 0 unspecified atom stereocenters. The van der Waals surface area contributed by atoms with Crippen LogP contribution in [0.15, 0.2) is 16.8 Å². The third kappa shape index (κ3) is 4.22. The van der Waals surface area contributed by atoms with Crippen LogP contribution in [-0.2, 0) is 0 Å². The van der Waals surface area contributed by atoms with E-state index in [1.165, 1.54) is 16.8 Å². The Kier molecular flexibility index (Phi) is 7.08. The van der Waals surface area contributed by atoms with Crippen molar-refractivity contribution in [1.29, 1.82) is 0 Å². The number of hydrogen-bond acceptors (Lipinski definition) is 10. The number of rotatable bonds is 5. The largest absolute Gasteiger partial charge is 0.145 e. The van der Waals surface area contributed by atoms with Gasteiger partial charge in [0.25, 0.3) is 0 Å². The summed E-state index contributed by atoms with van der Waals surface area (Å²) in [5.41, 5.74) is 0. The Morgan fingerprint density at radius 1 is 0.667 bits per heavy atom. The molecule has 0 saturated heterocycles. The van der Waals surface area contributed by atoms with E-state index in [1.54, 1.807) is 90.5 Å². The van der Waals surface area contributed by atoms with Crippen molar-refractivity contribution >= 4 is 115 Å². The molecule has 98 valence electrons. The van der Waals surface area contributed by atoms with Crippen LogP contribution in [0.2, 0.25) is 0 Å². The maximum Gasteiger partial charge on any atom is 0.145 e. The number of hydrogen-bond donors (Lipinski definition) is 0. The van der Waals surface area contributed by atoms with Gasteiger partial charge in [0.15, 0.2) is 0 Å². The Morgan fingerprint density at radius 3 is 1.33 bits per heavy atom. The van der Waals surface area contributed by atoms with E-state index in [4.69, 9.17) is 24.4 Å². The molecule has 0 nitrogen and oxygen atoms in total. The fourth-order valence-electron chi connectivity index (χ4n) is 0.939. The van der Waals surface area contributed by atoms with E-state index in [1.807, 2.05) is 0 Å². The second-order valence-corrected chi connectivity index (χ2v) is 13.9. The monoisotopic (exact) mass is 422 g/mol. The summed E-state index contributed by atoms with van der Waals surface area (Å²) in [4.78, 5) is 0. The molecule has 2 aromatic rings. The molecule has 2 aromatic heterocycles. The maximum atomic E-state index is 5.26. The number of thioether (sulfide) groups is 2. The summed E-state index contributed by atoms with van der Waals surface area (Å²) in [5, 5.41) is 0. The van der Waals surface area contributed by atoms with Crippen molar-refractivity contribution in [3.05, 3.63) is 6.28 Å².